The van der Waals surface area contributed by atoms with Crippen LogP contribution in [0, 0.1) is 5.82 Å². The van der Waals surface area contributed by atoms with Gasteiger partial charge in [-0.1, -0.05) is 18.2 Å². The van der Waals surface area contributed by atoms with Crippen LogP contribution >= 0.6 is 0 Å². The Balaban J connectivity index is 1.39. The Morgan fingerprint density at radius 3 is 2.56 bits per heavy atom. The number of halogens is 4. The maximum absolute atomic E-state index is 13.4. The summed E-state index contributed by atoms with van der Waals surface area (Å²) in [5, 5.41) is -0.156. The third-order valence-electron chi connectivity index (χ3n) is 5.51. The predicted molar refractivity (Wildman–Crippen MR) is 124 cm³/mol. The Kier molecular flexibility index (Phi) is 6.96. The minimum atomic E-state index is -4.48. The second-order valence-corrected chi connectivity index (χ2v) is 9.83. The molecule has 0 amide bonds. The minimum Gasteiger partial charge on any atom is -0.443 e. The van der Waals surface area contributed by atoms with Gasteiger partial charge in [0.15, 0.2) is 5.78 Å². The predicted octanol–water partition coefficient (Wildman–Crippen LogP) is 5.52. The molecule has 2 aromatic carbocycles. The Bertz CT molecular complexity index is 1510. The number of aryl methyl sites for hydroxylation is 1. The second-order valence-electron chi connectivity index (χ2n) is 8.19. The molecule has 4 rings (SSSR count). The SMILES string of the molecule is C[C@H](NS(=O)(=O)c1cc2cc(F)ccc2o1)C(=O)CCc1cccc(-c2ccc(C(F)(F)F)cn2)c1. The molecule has 0 radical (unpaired) electrons. The van der Waals surface area contributed by atoms with Gasteiger partial charge >= 0.3 is 6.18 Å². The molecule has 1 N–H and O–H groups in total. The van der Waals surface area contributed by atoms with Gasteiger partial charge in [-0.05, 0) is 55.3 Å². The Hall–Kier alpha value is -3.57. The van der Waals surface area contributed by atoms with Crippen LogP contribution in [-0.2, 0) is 27.4 Å². The highest BCUT2D eigenvalue weighted by molar-refractivity contribution is 7.89. The molecule has 0 bridgehead atoms. The molecule has 2 heterocycles. The number of Topliss-reactive ketones (excluding diaryl/α,β-unsaturated/α-hetero) is 1. The summed E-state index contributed by atoms with van der Waals surface area (Å²) in [6.45, 7) is 1.41. The highest BCUT2D eigenvalue weighted by Gasteiger charge is 2.30. The first kappa shape index (κ1) is 25.5. The maximum atomic E-state index is 13.4. The van der Waals surface area contributed by atoms with E-state index in [0.717, 1.165) is 30.0 Å². The zero-order chi connectivity index (χ0) is 26.1. The van der Waals surface area contributed by atoms with Crippen molar-refractivity contribution in [3.63, 3.8) is 0 Å². The van der Waals surface area contributed by atoms with E-state index in [1.165, 1.54) is 25.1 Å². The molecule has 0 unspecified atom stereocenters. The van der Waals surface area contributed by atoms with Crippen molar-refractivity contribution < 1.29 is 35.2 Å². The fraction of sp³-hybridized carbons (Fsp3) is 0.200. The van der Waals surface area contributed by atoms with Gasteiger partial charge in [-0.25, -0.2) is 12.8 Å². The first-order valence-electron chi connectivity index (χ1n) is 10.8. The molecule has 2 aromatic heterocycles. The maximum Gasteiger partial charge on any atom is 0.417 e. The third kappa shape index (κ3) is 5.80. The molecule has 0 aliphatic rings. The van der Waals surface area contributed by atoms with Gasteiger partial charge in [0.05, 0.1) is 17.3 Å². The van der Waals surface area contributed by atoms with Crippen molar-refractivity contribution in [3.05, 3.63) is 83.8 Å². The van der Waals surface area contributed by atoms with E-state index in [1.807, 2.05) is 0 Å². The average Bonchev–Trinajstić information content (AvgIpc) is 3.26. The van der Waals surface area contributed by atoms with E-state index >= 15 is 0 Å². The van der Waals surface area contributed by atoms with Crippen LogP contribution in [0.3, 0.4) is 0 Å². The minimum absolute atomic E-state index is 0.0128. The number of fused-ring (bicyclic) bond motifs is 1. The highest BCUT2D eigenvalue weighted by Crippen LogP contribution is 2.30. The van der Waals surface area contributed by atoms with Gasteiger partial charge < -0.3 is 4.42 Å². The third-order valence-corrected chi connectivity index (χ3v) is 6.90. The van der Waals surface area contributed by atoms with Gasteiger partial charge in [0.1, 0.15) is 11.4 Å². The van der Waals surface area contributed by atoms with E-state index in [1.54, 1.807) is 24.3 Å². The van der Waals surface area contributed by atoms with Crippen molar-refractivity contribution in [1.29, 1.82) is 0 Å². The number of rotatable bonds is 8. The number of hydrogen-bond acceptors (Lipinski definition) is 5. The van der Waals surface area contributed by atoms with Crippen molar-refractivity contribution >= 4 is 26.8 Å². The lowest BCUT2D eigenvalue weighted by atomic mass is 10.0. The van der Waals surface area contributed by atoms with Crippen molar-refractivity contribution in [2.24, 2.45) is 0 Å². The number of ketones is 1. The van der Waals surface area contributed by atoms with Gasteiger partial charge in [-0.15, -0.1) is 0 Å². The highest BCUT2D eigenvalue weighted by atomic mass is 32.2. The van der Waals surface area contributed by atoms with Gasteiger partial charge in [-0.3, -0.25) is 9.78 Å². The number of benzene rings is 2. The normalized spacial score (nSPS) is 13.1. The lowest BCUT2D eigenvalue weighted by Gasteiger charge is -2.12. The largest absolute Gasteiger partial charge is 0.443 e. The molecule has 0 spiro atoms. The summed E-state index contributed by atoms with van der Waals surface area (Å²) in [5.41, 5.74) is 1.01. The number of furan rings is 1. The molecule has 36 heavy (non-hydrogen) atoms. The number of nitrogens with one attached hydrogen (secondary N) is 1. The molecule has 11 heteroatoms. The summed E-state index contributed by atoms with van der Waals surface area (Å²) in [4.78, 5) is 16.5. The number of carbonyl (C=O) groups is 1. The molecule has 1 atom stereocenters. The molecule has 4 aromatic rings. The summed E-state index contributed by atoms with van der Waals surface area (Å²) < 4.78 is 84.5. The van der Waals surface area contributed by atoms with Crippen LogP contribution in [-0.4, -0.2) is 25.2 Å². The lowest BCUT2D eigenvalue weighted by molar-refractivity contribution is -0.137. The molecule has 0 saturated heterocycles. The van der Waals surface area contributed by atoms with Crippen molar-refractivity contribution in [2.75, 3.05) is 0 Å². The first-order chi connectivity index (χ1) is 16.9. The van der Waals surface area contributed by atoms with Crippen LogP contribution in [0.15, 0.2) is 76.4 Å². The van der Waals surface area contributed by atoms with E-state index in [4.69, 9.17) is 4.42 Å². The van der Waals surface area contributed by atoms with E-state index in [0.29, 0.717) is 11.3 Å². The molecule has 6 nitrogen and oxygen atoms in total. The van der Waals surface area contributed by atoms with E-state index in [2.05, 4.69) is 9.71 Å². The summed E-state index contributed by atoms with van der Waals surface area (Å²) >= 11 is 0. The van der Waals surface area contributed by atoms with Gasteiger partial charge in [0.2, 0.25) is 5.09 Å². The molecule has 0 fully saturated rings. The van der Waals surface area contributed by atoms with E-state index in [9.17, 15) is 30.8 Å². The van der Waals surface area contributed by atoms with Crippen molar-refractivity contribution in [3.8, 4) is 11.3 Å². The van der Waals surface area contributed by atoms with Crippen molar-refractivity contribution in [2.45, 2.75) is 37.1 Å². The van der Waals surface area contributed by atoms with E-state index < -0.39 is 38.7 Å². The monoisotopic (exact) mass is 520 g/mol. The van der Waals surface area contributed by atoms with E-state index in [-0.39, 0.29) is 29.6 Å². The number of nitrogens with zero attached hydrogens (tertiary/aromatic N) is 1. The van der Waals surface area contributed by atoms with Crippen LogP contribution in [0.25, 0.3) is 22.2 Å². The summed E-state index contributed by atoms with van der Waals surface area (Å²) in [5.74, 6) is -0.916. The zero-order valence-corrected chi connectivity index (χ0v) is 19.7. The average molecular weight is 521 g/mol. The standard InChI is InChI=1S/C25H20F4N2O4S/c1-15(31-36(33,34)24-13-18-12-20(26)7-10-23(18)35-24)22(32)9-5-16-3-2-4-17(11-16)21-8-6-19(14-30-21)25(27,28)29/h2-4,6-8,10-15,31H,5,9H2,1H3/t15-/m0/s1. The van der Waals surface area contributed by atoms with Crippen molar-refractivity contribution in [1.82, 2.24) is 9.71 Å². The molecule has 188 valence electrons. The van der Waals surface area contributed by atoms with Crippen LogP contribution in [0.5, 0.6) is 0 Å². The quantitative estimate of drug-likeness (QED) is 0.309. The van der Waals surface area contributed by atoms with Gasteiger partial charge in [-0.2, -0.15) is 17.9 Å². The number of sulfonamides is 1. The smallest absolute Gasteiger partial charge is 0.417 e. The van der Waals surface area contributed by atoms with Crippen LogP contribution in [0.2, 0.25) is 0 Å². The topological polar surface area (TPSA) is 89.3 Å². The fourth-order valence-corrected chi connectivity index (χ4v) is 4.78. The summed E-state index contributed by atoms with van der Waals surface area (Å²) in [6.07, 6.45) is -3.42. The number of pyridine rings is 1. The summed E-state index contributed by atoms with van der Waals surface area (Å²) in [6, 6.07) is 12.8. The first-order valence-corrected chi connectivity index (χ1v) is 12.3. The van der Waals surface area contributed by atoms with Gasteiger partial charge in [0, 0.05) is 29.6 Å². The zero-order valence-electron chi connectivity index (χ0n) is 18.8. The van der Waals surface area contributed by atoms with Crippen LogP contribution in [0.4, 0.5) is 17.6 Å². The second kappa shape index (κ2) is 9.82. The van der Waals surface area contributed by atoms with Crippen LogP contribution in [0.1, 0.15) is 24.5 Å². The molecule has 0 aliphatic heterocycles. The number of aromatic nitrogens is 1. The molecular weight excluding hydrogens is 500 g/mol. The van der Waals surface area contributed by atoms with Crippen LogP contribution < -0.4 is 4.72 Å². The number of carbonyl (C=O) groups excluding carboxylic acids is 1. The Morgan fingerprint density at radius 2 is 1.86 bits per heavy atom. The molecule has 0 aliphatic carbocycles. The lowest BCUT2D eigenvalue weighted by Crippen LogP contribution is -2.38. The van der Waals surface area contributed by atoms with Gasteiger partial charge in [0.25, 0.3) is 10.0 Å². The number of hydrogen-bond donors (Lipinski definition) is 1. The molecular formula is C25H20F4N2O4S. The number of alkyl halides is 3. The fourth-order valence-electron chi connectivity index (χ4n) is 3.58. The molecule has 0 saturated carbocycles. The Labute approximate surface area is 204 Å². The Morgan fingerprint density at radius 1 is 1.08 bits per heavy atom. The summed E-state index contributed by atoms with van der Waals surface area (Å²) in [7, 11) is -4.17.